The summed E-state index contributed by atoms with van der Waals surface area (Å²) in [6, 6.07) is 3.49. The molecular formula is C12H13FN2O3. The van der Waals surface area contributed by atoms with Crippen LogP contribution in [0.15, 0.2) is 18.2 Å². The van der Waals surface area contributed by atoms with Gasteiger partial charge in [0.25, 0.3) is 0 Å². The summed E-state index contributed by atoms with van der Waals surface area (Å²) in [6.07, 6.45) is -1.16. The largest absolute Gasteiger partial charge is 0.465 e. The van der Waals surface area contributed by atoms with E-state index in [9.17, 15) is 14.0 Å². The highest BCUT2D eigenvalue weighted by Gasteiger charge is 2.33. The van der Waals surface area contributed by atoms with Crippen LogP contribution >= 0.6 is 0 Å². The van der Waals surface area contributed by atoms with E-state index < -0.39 is 11.9 Å². The molecule has 1 N–H and O–H groups in total. The number of carbonyl (C=O) groups excluding carboxylic acids is 1. The minimum absolute atomic E-state index is 0.130. The van der Waals surface area contributed by atoms with Gasteiger partial charge in [0.1, 0.15) is 5.82 Å². The molecular weight excluding hydrogens is 239 g/mol. The quantitative estimate of drug-likeness (QED) is 0.768. The van der Waals surface area contributed by atoms with Crippen molar-refractivity contribution >= 4 is 23.4 Å². The Kier molecular flexibility index (Phi) is 2.94. The van der Waals surface area contributed by atoms with Crippen LogP contribution in [0.5, 0.6) is 0 Å². The van der Waals surface area contributed by atoms with Gasteiger partial charge in [-0.05, 0) is 25.1 Å². The van der Waals surface area contributed by atoms with Crippen LogP contribution in [0.1, 0.15) is 13.8 Å². The lowest BCUT2D eigenvalue weighted by atomic mass is 10.1. The molecule has 6 heteroatoms. The lowest BCUT2D eigenvalue weighted by Crippen LogP contribution is -2.51. The monoisotopic (exact) mass is 252 g/mol. The molecule has 2 rings (SSSR count). The number of hydrogen-bond donors (Lipinski definition) is 1. The molecule has 1 aliphatic rings. The van der Waals surface area contributed by atoms with Crippen molar-refractivity contribution in [3.8, 4) is 0 Å². The third-order valence-electron chi connectivity index (χ3n) is 2.95. The Morgan fingerprint density at radius 3 is 2.61 bits per heavy atom. The first-order valence-electron chi connectivity index (χ1n) is 5.51. The predicted molar refractivity (Wildman–Crippen MR) is 64.4 cm³/mol. The van der Waals surface area contributed by atoms with Crippen molar-refractivity contribution in [3.63, 3.8) is 0 Å². The van der Waals surface area contributed by atoms with Crippen molar-refractivity contribution in [3.05, 3.63) is 24.0 Å². The van der Waals surface area contributed by atoms with E-state index in [-0.39, 0.29) is 24.2 Å². The van der Waals surface area contributed by atoms with Crippen LogP contribution in [-0.2, 0) is 4.79 Å². The molecule has 1 unspecified atom stereocenters. The average molecular weight is 252 g/mol. The molecule has 0 radical (unpaired) electrons. The van der Waals surface area contributed by atoms with Crippen molar-refractivity contribution in [2.75, 3.05) is 16.3 Å². The van der Waals surface area contributed by atoms with Gasteiger partial charge in [-0.15, -0.1) is 0 Å². The number of carbonyl (C=O) groups is 2. The van der Waals surface area contributed by atoms with Crippen LogP contribution in [0.25, 0.3) is 0 Å². The lowest BCUT2D eigenvalue weighted by Gasteiger charge is -2.39. The zero-order valence-corrected chi connectivity index (χ0v) is 10.1. The maximum absolute atomic E-state index is 13.2. The molecule has 5 nitrogen and oxygen atoms in total. The van der Waals surface area contributed by atoms with E-state index in [1.54, 1.807) is 6.92 Å². The minimum Gasteiger partial charge on any atom is -0.465 e. The van der Waals surface area contributed by atoms with Crippen LogP contribution in [-0.4, -0.2) is 29.7 Å². The minimum atomic E-state index is -1.16. The highest BCUT2D eigenvalue weighted by molar-refractivity contribution is 6.01. The highest BCUT2D eigenvalue weighted by Crippen LogP contribution is 2.36. The van der Waals surface area contributed by atoms with Gasteiger partial charge < -0.3 is 10.0 Å². The van der Waals surface area contributed by atoms with Crippen LogP contribution in [0, 0.1) is 5.82 Å². The normalized spacial score (nSPS) is 18.5. The standard InChI is InChI=1S/C12H13FN2O3/c1-7-6-14(12(17)18)11-5-9(13)3-4-10(11)15(7)8(2)16/h3-5,7H,6H2,1-2H3,(H,17,18). The van der Waals surface area contributed by atoms with Crippen molar-refractivity contribution in [1.82, 2.24) is 0 Å². The van der Waals surface area contributed by atoms with E-state index in [1.165, 1.54) is 24.0 Å². The van der Waals surface area contributed by atoms with Gasteiger partial charge in [-0.1, -0.05) is 0 Å². The van der Waals surface area contributed by atoms with Gasteiger partial charge in [-0.3, -0.25) is 9.69 Å². The first-order valence-corrected chi connectivity index (χ1v) is 5.51. The number of benzene rings is 1. The molecule has 0 aliphatic carbocycles. The Bertz CT molecular complexity index is 518. The first-order chi connectivity index (χ1) is 8.41. The smallest absolute Gasteiger partial charge is 0.411 e. The summed E-state index contributed by atoms with van der Waals surface area (Å²) in [5.41, 5.74) is 0.626. The number of nitrogens with zero attached hydrogens (tertiary/aromatic N) is 2. The zero-order chi connectivity index (χ0) is 13.4. The van der Waals surface area contributed by atoms with Gasteiger partial charge in [0.15, 0.2) is 0 Å². The topological polar surface area (TPSA) is 60.9 Å². The molecule has 0 aromatic heterocycles. The second kappa shape index (κ2) is 4.29. The number of halogens is 1. The summed E-state index contributed by atoms with van der Waals surface area (Å²) in [7, 11) is 0. The van der Waals surface area contributed by atoms with Gasteiger partial charge >= 0.3 is 6.09 Å². The summed E-state index contributed by atoms with van der Waals surface area (Å²) in [4.78, 5) is 25.3. The number of anilines is 2. The maximum atomic E-state index is 13.2. The third-order valence-corrected chi connectivity index (χ3v) is 2.95. The van der Waals surface area contributed by atoms with Gasteiger partial charge in [-0.2, -0.15) is 0 Å². The number of rotatable bonds is 0. The Morgan fingerprint density at radius 2 is 2.06 bits per heavy atom. The second-order valence-electron chi connectivity index (χ2n) is 4.26. The molecule has 0 saturated heterocycles. The predicted octanol–water partition coefficient (Wildman–Crippen LogP) is 2.07. The fourth-order valence-electron chi connectivity index (χ4n) is 2.26. The van der Waals surface area contributed by atoms with Gasteiger partial charge in [0, 0.05) is 13.5 Å². The molecule has 1 aliphatic heterocycles. The van der Waals surface area contributed by atoms with Crippen LogP contribution in [0.3, 0.4) is 0 Å². The van der Waals surface area contributed by atoms with Crippen molar-refractivity contribution in [2.45, 2.75) is 19.9 Å². The number of hydrogen-bond acceptors (Lipinski definition) is 2. The Labute approximate surface area is 103 Å². The van der Waals surface area contributed by atoms with Crippen LogP contribution in [0.4, 0.5) is 20.6 Å². The summed E-state index contributed by atoms with van der Waals surface area (Å²) in [5, 5.41) is 9.12. The SMILES string of the molecule is CC(=O)N1c2ccc(F)cc2N(C(=O)O)CC1C. The molecule has 96 valence electrons. The zero-order valence-electron chi connectivity index (χ0n) is 10.1. The first kappa shape index (κ1) is 12.3. The van der Waals surface area contributed by atoms with Crippen molar-refractivity contribution < 1.29 is 19.1 Å². The molecule has 1 heterocycles. The summed E-state index contributed by atoms with van der Waals surface area (Å²) in [6.45, 7) is 3.29. The average Bonchev–Trinajstić information content (AvgIpc) is 2.27. The summed E-state index contributed by atoms with van der Waals surface area (Å²) in [5.74, 6) is -0.724. The molecule has 1 atom stereocenters. The lowest BCUT2D eigenvalue weighted by molar-refractivity contribution is -0.117. The maximum Gasteiger partial charge on any atom is 0.411 e. The van der Waals surface area contributed by atoms with Crippen molar-refractivity contribution in [2.24, 2.45) is 0 Å². The molecule has 2 amide bonds. The molecule has 1 aromatic rings. The van der Waals surface area contributed by atoms with E-state index in [1.807, 2.05) is 0 Å². The van der Waals surface area contributed by atoms with E-state index in [0.29, 0.717) is 5.69 Å². The molecule has 18 heavy (non-hydrogen) atoms. The van der Waals surface area contributed by atoms with Gasteiger partial charge in [0.2, 0.25) is 5.91 Å². The van der Waals surface area contributed by atoms with Gasteiger partial charge in [0.05, 0.1) is 17.4 Å². The number of fused-ring (bicyclic) bond motifs is 1. The van der Waals surface area contributed by atoms with Crippen LogP contribution < -0.4 is 9.80 Å². The number of carboxylic acid groups (broad SMARTS) is 1. The number of amides is 2. The second-order valence-corrected chi connectivity index (χ2v) is 4.26. The highest BCUT2D eigenvalue weighted by atomic mass is 19.1. The molecule has 0 fully saturated rings. The molecule has 0 saturated carbocycles. The van der Waals surface area contributed by atoms with Crippen molar-refractivity contribution in [1.29, 1.82) is 0 Å². The molecule has 1 aromatic carbocycles. The Hall–Kier alpha value is -2.11. The molecule has 0 spiro atoms. The summed E-state index contributed by atoms with van der Waals surface area (Å²) < 4.78 is 13.2. The fraction of sp³-hybridized carbons (Fsp3) is 0.333. The fourth-order valence-corrected chi connectivity index (χ4v) is 2.26. The Balaban J connectivity index is 2.59. The van der Waals surface area contributed by atoms with E-state index in [4.69, 9.17) is 5.11 Å². The van der Waals surface area contributed by atoms with E-state index in [2.05, 4.69) is 0 Å². The Morgan fingerprint density at radius 1 is 1.39 bits per heavy atom. The van der Waals surface area contributed by atoms with E-state index in [0.717, 1.165) is 11.0 Å². The van der Waals surface area contributed by atoms with Crippen LogP contribution in [0.2, 0.25) is 0 Å². The third kappa shape index (κ3) is 1.90. The van der Waals surface area contributed by atoms with E-state index >= 15 is 0 Å². The molecule has 0 bridgehead atoms. The summed E-state index contributed by atoms with van der Waals surface area (Å²) >= 11 is 0. The van der Waals surface area contributed by atoms with Gasteiger partial charge in [-0.25, -0.2) is 9.18 Å².